The van der Waals surface area contributed by atoms with Gasteiger partial charge in [0.15, 0.2) is 0 Å². The third-order valence-electron chi connectivity index (χ3n) is 3.20. The molecule has 2 rings (SSSR count). The fourth-order valence-electron chi connectivity index (χ4n) is 2.30. The fourth-order valence-corrected chi connectivity index (χ4v) is 2.99. The lowest BCUT2D eigenvalue weighted by atomic mass is 9.93. The van der Waals surface area contributed by atoms with E-state index >= 15 is 0 Å². The topological polar surface area (TPSA) is 12.0 Å². The molecule has 3 heteroatoms. The van der Waals surface area contributed by atoms with Crippen molar-refractivity contribution in [1.82, 2.24) is 5.32 Å². The summed E-state index contributed by atoms with van der Waals surface area (Å²) in [5.74, 6) is 0.367. The van der Waals surface area contributed by atoms with Gasteiger partial charge in [0.05, 0.1) is 0 Å². The molecule has 0 bridgehead atoms. The molecule has 1 heterocycles. The molecular weight excluding hydrogens is 257 g/mol. The predicted octanol–water partition coefficient (Wildman–Crippen LogP) is 3.90. The van der Waals surface area contributed by atoms with Crippen LogP contribution in [-0.4, -0.2) is 13.1 Å². The quantitative estimate of drug-likeness (QED) is 0.809. The van der Waals surface area contributed by atoms with Gasteiger partial charge >= 0.3 is 0 Å². The number of hydrogen-bond donors (Lipinski definition) is 1. The number of nitrogens with one attached hydrogen (secondary N) is 1. The van der Waals surface area contributed by atoms with E-state index in [4.69, 9.17) is 0 Å². The van der Waals surface area contributed by atoms with E-state index in [1.165, 1.54) is 11.6 Å². The molecule has 2 aromatic rings. The van der Waals surface area contributed by atoms with E-state index in [0.29, 0.717) is 5.92 Å². The number of thiophene rings is 1. The van der Waals surface area contributed by atoms with Gasteiger partial charge in [0.1, 0.15) is 5.82 Å². The van der Waals surface area contributed by atoms with Crippen molar-refractivity contribution in [3.05, 3.63) is 58.0 Å². The summed E-state index contributed by atoms with van der Waals surface area (Å²) in [6.07, 6.45) is 1.97. The minimum Gasteiger partial charge on any atom is -0.317 e. The van der Waals surface area contributed by atoms with Crippen LogP contribution in [0.15, 0.2) is 41.1 Å². The zero-order valence-corrected chi connectivity index (χ0v) is 12.0. The van der Waals surface area contributed by atoms with Gasteiger partial charge < -0.3 is 5.32 Å². The van der Waals surface area contributed by atoms with Crippen LogP contribution in [0.1, 0.15) is 18.1 Å². The largest absolute Gasteiger partial charge is 0.317 e. The highest BCUT2D eigenvalue weighted by atomic mass is 32.1. The van der Waals surface area contributed by atoms with Crippen molar-refractivity contribution >= 4 is 11.3 Å². The van der Waals surface area contributed by atoms with Crippen LogP contribution in [0.3, 0.4) is 0 Å². The first kappa shape index (κ1) is 14.2. The zero-order valence-electron chi connectivity index (χ0n) is 11.2. The van der Waals surface area contributed by atoms with E-state index in [-0.39, 0.29) is 5.82 Å². The van der Waals surface area contributed by atoms with Crippen molar-refractivity contribution in [1.29, 1.82) is 0 Å². The molecule has 0 amide bonds. The van der Waals surface area contributed by atoms with Gasteiger partial charge in [0.25, 0.3) is 0 Å². The highest BCUT2D eigenvalue weighted by Gasteiger charge is 2.11. The van der Waals surface area contributed by atoms with Crippen LogP contribution < -0.4 is 5.32 Å². The summed E-state index contributed by atoms with van der Waals surface area (Å²) in [4.78, 5) is 0. The normalized spacial score (nSPS) is 12.5. The molecule has 19 heavy (non-hydrogen) atoms. The van der Waals surface area contributed by atoms with Crippen molar-refractivity contribution in [2.45, 2.75) is 19.8 Å². The lowest BCUT2D eigenvalue weighted by Gasteiger charge is -2.17. The number of halogens is 1. The molecule has 0 aliphatic rings. The van der Waals surface area contributed by atoms with Gasteiger partial charge in [0, 0.05) is 0 Å². The highest BCUT2D eigenvalue weighted by Crippen LogP contribution is 2.17. The van der Waals surface area contributed by atoms with Crippen molar-refractivity contribution < 1.29 is 4.39 Å². The predicted molar refractivity (Wildman–Crippen MR) is 80.2 cm³/mol. The van der Waals surface area contributed by atoms with Gasteiger partial charge in [0.2, 0.25) is 0 Å². The van der Waals surface area contributed by atoms with E-state index in [9.17, 15) is 4.39 Å². The van der Waals surface area contributed by atoms with Crippen molar-refractivity contribution in [3.63, 3.8) is 0 Å². The molecule has 0 aliphatic heterocycles. The summed E-state index contributed by atoms with van der Waals surface area (Å²) in [6.45, 7) is 4.07. The molecule has 1 atom stereocenters. The summed E-state index contributed by atoms with van der Waals surface area (Å²) < 4.78 is 13.2. The van der Waals surface area contributed by atoms with Crippen LogP contribution in [0.2, 0.25) is 0 Å². The molecule has 1 nitrogen and oxygen atoms in total. The number of benzene rings is 1. The standard InChI is InChI=1S/C16H20FNS/c1-2-18-11-15(9-14-6-7-19-12-14)8-13-4-3-5-16(17)10-13/h3-7,10,12,15,18H,2,8-9,11H2,1H3. The van der Waals surface area contributed by atoms with Crippen molar-refractivity contribution in [3.8, 4) is 0 Å². The Morgan fingerprint density at radius 3 is 2.74 bits per heavy atom. The minimum atomic E-state index is -0.143. The molecule has 0 radical (unpaired) electrons. The van der Waals surface area contributed by atoms with Gasteiger partial charge in [-0.15, -0.1) is 0 Å². The molecule has 1 aromatic carbocycles. The summed E-state index contributed by atoms with van der Waals surface area (Å²) in [5, 5.41) is 7.72. The van der Waals surface area contributed by atoms with Crippen LogP contribution in [0.5, 0.6) is 0 Å². The van der Waals surface area contributed by atoms with E-state index in [1.54, 1.807) is 23.5 Å². The first-order valence-corrected chi connectivity index (χ1v) is 7.68. The van der Waals surface area contributed by atoms with Crippen LogP contribution in [0.25, 0.3) is 0 Å². The summed E-state index contributed by atoms with van der Waals surface area (Å²) in [5.41, 5.74) is 2.46. The molecular formula is C16H20FNS. The Balaban J connectivity index is 2.00. The summed E-state index contributed by atoms with van der Waals surface area (Å²) in [6, 6.07) is 9.12. The lowest BCUT2D eigenvalue weighted by Crippen LogP contribution is -2.25. The Kier molecular flexibility index (Phi) is 5.55. The summed E-state index contributed by atoms with van der Waals surface area (Å²) in [7, 11) is 0. The molecule has 1 N–H and O–H groups in total. The van der Waals surface area contributed by atoms with Gasteiger partial charge in [-0.1, -0.05) is 19.1 Å². The molecule has 1 aromatic heterocycles. The zero-order chi connectivity index (χ0) is 13.5. The molecule has 1 unspecified atom stereocenters. The Morgan fingerprint density at radius 2 is 2.05 bits per heavy atom. The second-order valence-electron chi connectivity index (χ2n) is 4.84. The summed E-state index contributed by atoms with van der Waals surface area (Å²) >= 11 is 1.73. The lowest BCUT2D eigenvalue weighted by molar-refractivity contribution is 0.477. The van der Waals surface area contributed by atoms with Gasteiger partial charge in [-0.25, -0.2) is 4.39 Å². The fraction of sp³-hybridized carbons (Fsp3) is 0.375. The molecule has 0 saturated carbocycles. The van der Waals surface area contributed by atoms with Crippen LogP contribution in [-0.2, 0) is 12.8 Å². The van der Waals surface area contributed by atoms with Gasteiger partial charge in [-0.2, -0.15) is 11.3 Å². The maximum absolute atomic E-state index is 13.2. The van der Waals surface area contributed by atoms with Crippen molar-refractivity contribution in [2.75, 3.05) is 13.1 Å². The SMILES string of the molecule is CCNCC(Cc1ccsc1)Cc1cccc(F)c1. The Bertz CT molecular complexity index is 481. The average Bonchev–Trinajstić information content (AvgIpc) is 2.89. The Morgan fingerprint density at radius 1 is 1.21 bits per heavy atom. The second-order valence-corrected chi connectivity index (χ2v) is 5.62. The highest BCUT2D eigenvalue weighted by molar-refractivity contribution is 7.07. The van der Waals surface area contributed by atoms with Gasteiger partial charge in [-0.3, -0.25) is 0 Å². The second kappa shape index (κ2) is 7.41. The Hall–Kier alpha value is -1.19. The number of rotatable bonds is 7. The van der Waals surface area contributed by atoms with Gasteiger partial charge in [-0.05, 0) is 71.9 Å². The number of hydrogen-bond acceptors (Lipinski definition) is 2. The smallest absolute Gasteiger partial charge is 0.123 e. The molecule has 0 saturated heterocycles. The third-order valence-corrected chi connectivity index (χ3v) is 3.93. The Labute approximate surface area is 118 Å². The van der Waals surface area contributed by atoms with E-state index in [1.807, 2.05) is 6.07 Å². The molecule has 102 valence electrons. The van der Waals surface area contributed by atoms with E-state index in [2.05, 4.69) is 29.1 Å². The third kappa shape index (κ3) is 4.77. The van der Waals surface area contributed by atoms with Crippen molar-refractivity contribution in [2.24, 2.45) is 5.92 Å². The maximum atomic E-state index is 13.2. The molecule has 0 aliphatic carbocycles. The van der Waals surface area contributed by atoms with E-state index < -0.39 is 0 Å². The van der Waals surface area contributed by atoms with Crippen LogP contribution >= 0.6 is 11.3 Å². The monoisotopic (exact) mass is 277 g/mol. The molecule has 0 spiro atoms. The first-order chi connectivity index (χ1) is 9.28. The maximum Gasteiger partial charge on any atom is 0.123 e. The van der Waals surface area contributed by atoms with E-state index in [0.717, 1.165) is 31.5 Å². The molecule has 0 fully saturated rings. The van der Waals surface area contributed by atoms with Crippen LogP contribution in [0.4, 0.5) is 4.39 Å². The van der Waals surface area contributed by atoms with Crippen LogP contribution in [0, 0.1) is 11.7 Å². The average molecular weight is 277 g/mol. The first-order valence-electron chi connectivity index (χ1n) is 6.74. The minimum absolute atomic E-state index is 0.143.